The van der Waals surface area contributed by atoms with Gasteiger partial charge in [0.1, 0.15) is 12.4 Å². The van der Waals surface area contributed by atoms with Crippen molar-refractivity contribution in [3.8, 4) is 5.75 Å². The highest BCUT2D eigenvalue weighted by atomic mass is 16.5. The number of benzene rings is 3. The molecule has 1 fully saturated rings. The lowest BCUT2D eigenvalue weighted by Gasteiger charge is -2.49. The molecule has 0 N–H and O–H groups in total. The zero-order valence-electron chi connectivity index (χ0n) is 20.5. The third-order valence-electron chi connectivity index (χ3n) is 7.33. The molecular formula is C31H33NO3. The van der Waals surface area contributed by atoms with Gasteiger partial charge in [-0.2, -0.15) is 0 Å². The molecule has 1 aliphatic rings. The predicted molar refractivity (Wildman–Crippen MR) is 139 cm³/mol. The molecule has 1 aliphatic heterocycles. The summed E-state index contributed by atoms with van der Waals surface area (Å²) in [5.74, 6) is 0.0990. The molecule has 0 aromatic heterocycles. The Morgan fingerprint density at radius 2 is 1.71 bits per heavy atom. The van der Waals surface area contributed by atoms with Crippen molar-refractivity contribution in [1.82, 2.24) is 4.90 Å². The molecule has 0 spiro atoms. The van der Waals surface area contributed by atoms with E-state index < -0.39 is 11.7 Å². The summed E-state index contributed by atoms with van der Waals surface area (Å²) in [6.45, 7) is 9.36. The summed E-state index contributed by atoms with van der Waals surface area (Å²) in [7, 11) is 0. The molecule has 1 saturated heterocycles. The van der Waals surface area contributed by atoms with Crippen molar-refractivity contribution in [2.45, 2.75) is 44.8 Å². The number of ether oxygens (including phenoxy) is 1. The van der Waals surface area contributed by atoms with Gasteiger partial charge in [0.2, 0.25) is 5.78 Å². The number of nitrogens with zero attached hydrogens (tertiary/aromatic N) is 1. The number of likely N-dealkylation sites (tertiary alicyclic amines) is 1. The van der Waals surface area contributed by atoms with Crippen LogP contribution in [0.3, 0.4) is 0 Å². The Morgan fingerprint density at radius 1 is 1.03 bits per heavy atom. The molecule has 4 nitrogen and oxygen atoms in total. The second-order valence-corrected chi connectivity index (χ2v) is 9.66. The van der Waals surface area contributed by atoms with Gasteiger partial charge in [0.25, 0.3) is 5.91 Å². The Bertz CT molecular complexity index is 1170. The van der Waals surface area contributed by atoms with E-state index in [1.54, 1.807) is 29.2 Å². The van der Waals surface area contributed by atoms with Gasteiger partial charge in [-0.3, -0.25) is 9.59 Å². The molecule has 0 radical (unpaired) electrons. The normalized spacial score (nSPS) is 21.8. The zero-order chi connectivity index (χ0) is 24.8. The van der Waals surface area contributed by atoms with Gasteiger partial charge in [-0.25, -0.2) is 0 Å². The number of piperidine rings is 1. The van der Waals surface area contributed by atoms with Crippen LogP contribution in [0.2, 0.25) is 0 Å². The molecule has 3 atom stereocenters. The first kappa shape index (κ1) is 24.5. The molecule has 1 amide bonds. The fourth-order valence-corrected chi connectivity index (χ4v) is 5.03. The van der Waals surface area contributed by atoms with E-state index in [0.29, 0.717) is 25.1 Å². The zero-order valence-corrected chi connectivity index (χ0v) is 20.5. The van der Waals surface area contributed by atoms with Crippen LogP contribution < -0.4 is 4.74 Å². The SMILES string of the molecule is C=CC[C@@H]1C[C@@](C)(c2cccc(OCc3ccccc3)c2)[C@@H](C)CN1C(=O)C(=O)c1ccccc1. The Kier molecular flexibility index (Phi) is 7.50. The van der Waals surface area contributed by atoms with Crippen LogP contribution in [-0.4, -0.2) is 29.2 Å². The third kappa shape index (κ3) is 5.37. The van der Waals surface area contributed by atoms with Gasteiger partial charge in [0, 0.05) is 18.2 Å². The van der Waals surface area contributed by atoms with E-state index in [0.717, 1.165) is 17.7 Å². The van der Waals surface area contributed by atoms with E-state index in [-0.39, 0.29) is 17.4 Å². The average molecular weight is 468 g/mol. The van der Waals surface area contributed by atoms with E-state index in [1.165, 1.54) is 5.56 Å². The van der Waals surface area contributed by atoms with Crippen LogP contribution in [0.15, 0.2) is 97.6 Å². The van der Waals surface area contributed by atoms with Gasteiger partial charge in [0.05, 0.1) is 0 Å². The molecular weight excluding hydrogens is 434 g/mol. The molecule has 0 bridgehead atoms. The quantitative estimate of drug-likeness (QED) is 0.224. The number of Topliss-reactive ketones (excluding diaryl/α,β-unsaturated/α-hetero) is 1. The fourth-order valence-electron chi connectivity index (χ4n) is 5.03. The monoisotopic (exact) mass is 467 g/mol. The summed E-state index contributed by atoms with van der Waals surface area (Å²) in [5.41, 5.74) is 2.57. The Labute approximate surface area is 208 Å². The first-order chi connectivity index (χ1) is 16.9. The van der Waals surface area contributed by atoms with Crippen molar-refractivity contribution >= 4 is 11.7 Å². The molecule has 3 aromatic rings. The van der Waals surface area contributed by atoms with Gasteiger partial charge < -0.3 is 9.64 Å². The van der Waals surface area contributed by atoms with Crippen LogP contribution in [0.25, 0.3) is 0 Å². The molecule has 0 aliphatic carbocycles. The van der Waals surface area contributed by atoms with Gasteiger partial charge in [-0.1, -0.05) is 92.7 Å². The molecule has 180 valence electrons. The van der Waals surface area contributed by atoms with E-state index in [4.69, 9.17) is 4.74 Å². The third-order valence-corrected chi connectivity index (χ3v) is 7.33. The summed E-state index contributed by atoms with van der Waals surface area (Å²) in [5, 5.41) is 0. The average Bonchev–Trinajstić information content (AvgIpc) is 2.90. The van der Waals surface area contributed by atoms with Gasteiger partial charge in [-0.15, -0.1) is 6.58 Å². The maximum absolute atomic E-state index is 13.3. The molecule has 4 rings (SSSR count). The minimum absolute atomic E-state index is 0.0947. The number of rotatable bonds is 8. The van der Waals surface area contributed by atoms with E-state index >= 15 is 0 Å². The fraction of sp³-hybridized carbons (Fsp3) is 0.290. The van der Waals surface area contributed by atoms with Crippen molar-refractivity contribution in [3.63, 3.8) is 0 Å². The smallest absolute Gasteiger partial charge is 0.295 e. The van der Waals surface area contributed by atoms with Crippen molar-refractivity contribution in [2.24, 2.45) is 5.92 Å². The van der Waals surface area contributed by atoms with Crippen LogP contribution in [0.4, 0.5) is 0 Å². The number of hydrogen-bond acceptors (Lipinski definition) is 3. The first-order valence-electron chi connectivity index (χ1n) is 12.2. The Hall–Kier alpha value is -3.66. The van der Waals surface area contributed by atoms with Crippen LogP contribution in [0.1, 0.15) is 48.2 Å². The van der Waals surface area contributed by atoms with Crippen molar-refractivity contribution in [2.75, 3.05) is 6.54 Å². The molecule has 35 heavy (non-hydrogen) atoms. The summed E-state index contributed by atoms with van der Waals surface area (Å²) in [4.78, 5) is 28.0. The van der Waals surface area contributed by atoms with E-state index in [2.05, 4.69) is 44.7 Å². The minimum atomic E-state index is -0.452. The molecule has 0 unspecified atom stereocenters. The van der Waals surface area contributed by atoms with Gasteiger partial charge >= 0.3 is 0 Å². The first-order valence-corrected chi connectivity index (χ1v) is 12.2. The van der Waals surface area contributed by atoms with Gasteiger partial charge in [-0.05, 0) is 47.4 Å². The Morgan fingerprint density at radius 3 is 2.40 bits per heavy atom. The van der Waals surface area contributed by atoms with Crippen molar-refractivity contribution in [1.29, 1.82) is 0 Å². The predicted octanol–water partition coefficient (Wildman–Crippen LogP) is 6.22. The molecule has 0 saturated carbocycles. The van der Waals surface area contributed by atoms with Crippen LogP contribution >= 0.6 is 0 Å². The topological polar surface area (TPSA) is 46.6 Å². The minimum Gasteiger partial charge on any atom is -0.489 e. The standard InChI is InChI=1S/C31H33NO3/c1-4-12-27-20-31(3,23(2)21-32(27)30(34)29(33)25-15-9-6-10-16-25)26-17-11-18-28(19-26)35-22-24-13-7-5-8-14-24/h4-11,13-19,23,27H,1,12,20-22H2,2-3H3/t23-,27+,31+/m0/s1. The Balaban J connectivity index is 1.54. The lowest BCUT2D eigenvalue weighted by Crippen LogP contribution is -2.56. The highest BCUT2D eigenvalue weighted by Crippen LogP contribution is 2.43. The second kappa shape index (κ2) is 10.7. The maximum atomic E-state index is 13.3. The van der Waals surface area contributed by atoms with Crippen molar-refractivity contribution < 1.29 is 14.3 Å². The van der Waals surface area contributed by atoms with Crippen LogP contribution in [0, 0.1) is 5.92 Å². The van der Waals surface area contributed by atoms with Gasteiger partial charge in [0.15, 0.2) is 0 Å². The van der Waals surface area contributed by atoms with E-state index in [9.17, 15) is 9.59 Å². The lowest BCUT2D eigenvalue weighted by atomic mass is 9.65. The number of hydrogen-bond donors (Lipinski definition) is 0. The maximum Gasteiger partial charge on any atom is 0.295 e. The van der Waals surface area contributed by atoms with Crippen LogP contribution in [-0.2, 0) is 16.8 Å². The number of carbonyl (C=O) groups excluding carboxylic acids is 2. The summed E-state index contributed by atoms with van der Waals surface area (Å²) in [6.07, 6.45) is 3.23. The highest BCUT2D eigenvalue weighted by molar-refractivity contribution is 6.42. The number of carbonyl (C=O) groups is 2. The number of amides is 1. The largest absolute Gasteiger partial charge is 0.489 e. The lowest BCUT2D eigenvalue weighted by molar-refractivity contribution is -0.132. The summed E-state index contributed by atoms with van der Waals surface area (Å²) >= 11 is 0. The number of ketones is 1. The molecule has 4 heteroatoms. The van der Waals surface area contributed by atoms with Crippen molar-refractivity contribution in [3.05, 3.63) is 114 Å². The summed E-state index contributed by atoms with van der Waals surface area (Å²) in [6, 6.07) is 27.1. The van der Waals surface area contributed by atoms with E-state index in [1.807, 2.05) is 42.5 Å². The molecule has 3 aromatic carbocycles. The summed E-state index contributed by atoms with van der Waals surface area (Å²) < 4.78 is 6.09. The second-order valence-electron chi connectivity index (χ2n) is 9.66. The highest BCUT2D eigenvalue weighted by Gasteiger charge is 2.45. The molecule has 1 heterocycles. The van der Waals surface area contributed by atoms with Crippen LogP contribution in [0.5, 0.6) is 5.75 Å².